The number of halogens is 2. The molecule has 3 rings (SSSR count). The summed E-state index contributed by atoms with van der Waals surface area (Å²) in [6.07, 6.45) is 0.343. The molecular weight excluding hydrogens is 533 g/mol. The van der Waals surface area contributed by atoms with Crippen LogP contribution in [-0.2, 0) is 26.2 Å². The maximum atomic E-state index is 13.8. The molecule has 0 heterocycles. The van der Waals surface area contributed by atoms with Gasteiger partial charge in [-0.1, -0.05) is 78.2 Å². The average Bonchev–Trinajstić information content (AvgIpc) is 2.89. The Balaban J connectivity index is 2.07. The Hall–Kier alpha value is -3.07. The molecule has 0 unspecified atom stereocenters. The van der Waals surface area contributed by atoms with Gasteiger partial charge in [-0.25, -0.2) is 8.42 Å². The zero-order valence-corrected chi connectivity index (χ0v) is 23.1. The molecule has 0 aromatic heterocycles. The van der Waals surface area contributed by atoms with Crippen LogP contribution in [0.25, 0.3) is 0 Å². The molecule has 37 heavy (non-hydrogen) atoms. The van der Waals surface area contributed by atoms with E-state index in [4.69, 9.17) is 23.2 Å². The Kier molecular flexibility index (Phi) is 9.59. The highest BCUT2D eigenvalue weighted by Crippen LogP contribution is 2.31. The molecular formula is C27H29Cl2N3O4S. The lowest BCUT2D eigenvalue weighted by Gasteiger charge is -2.33. The molecule has 10 heteroatoms. The number of nitrogens with zero attached hydrogens (tertiary/aromatic N) is 2. The molecule has 0 fully saturated rings. The SMILES string of the molecule is CC[C@@H](C(=O)NC)N(Cc1ccccc1)C(=O)CN(c1ccc(Cl)c(Cl)c1)S(=O)(=O)c1ccc(C)cc1. The first-order valence-electron chi connectivity index (χ1n) is 11.7. The molecule has 0 bridgehead atoms. The lowest BCUT2D eigenvalue weighted by Crippen LogP contribution is -2.51. The van der Waals surface area contributed by atoms with Crippen molar-refractivity contribution in [1.29, 1.82) is 0 Å². The van der Waals surface area contributed by atoms with Crippen molar-refractivity contribution in [3.8, 4) is 0 Å². The molecule has 1 atom stereocenters. The van der Waals surface area contributed by atoms with Gasteiger partial charge in [-0.05, 0) is 49.2 Å². The van der Waals surface area contributed by atoms with Gasteiger partial charge >= 0.3 is 0 Å². The zero-order chi connectivity index (χ0) is 27.2. The van der Waals surface area contributed by atoms with Gasteiger partial charge in [0.25, 0.3) is 10.0 Å². The summed E-state index contributed by atoms with van der Waals surface area (Å²) in [6, 6.07) is 19.1. The Morgan fingerprint density at radius 1 is 0.946 bits per heavy atom. The van der Waals surface area contributed by atoms with E-state index in [-0.39, 0.29) is 33.1 Å². The highest BCUT2D eigenvalue weighted by atomic mass is 35.5. The van der Waals surface area contributed by atoms with E-state index >= 15 is 0 Å². The lowest BCUT2D eigenvalue weighted by atomic mass is 10.1. The van der Waals surface area contributed by atoms with E-state index in [1.54, 1.807) is 19.1 Å². The fourth-order valence-electron chi connectivity index (χ4n) is 3.87. The summed E-state index contributed by atoms with van der Waals surface area (Å²) in [5.74, 6) is -0.879. The van der Waals surface area contributed by atoms with Gasteiger partial charge in [-0.15, -0.1) is 0 Å². The first-order chi connectivity index (χ1) is 17.6. The third kappa shape index (κ3) is 6.83. The first-order valence-corrected chi connectivity index (χ1v) is 13.9. The molecule has 0 aliphatic carbocycles. The van der Waals surface area contributed by atoms with Crippen LogP contribution in [-0.4, -0.2) is 44.8 Å². The van der Waals surface area contributed by atoms with Crippen LogP contribution in [0.3, 0.4) is 0 Å². The van der Waals surface area contributed by atoms with E-state index in [1.165, 1.54) is 42.3 Å². The lowest BCUT2D eigenvalue weighted by molar-refractivity contribution is -0.140. The van der Waals surface area contributed by atoms with Crippen LogP contribution in [0.2, 0.25) is 10.0 Å². The standard InChI is InChI=1S/C27H29Cl2N3O4S/c1-4-25(27(34)30-3)31(17-20-8-6-5-7-9-20)26(33)18-32(21-12-15-23(28)24(29)16-21)37(35,36)22-13-10-19(2)11-14-22/h5-16,25H,4,17-18H2,1-3H3,(H,30,34)/t25-/m0/s1. The van der Waals surface area contributed by atoms with Crippen molar-refractivity contribution in [3.05, 3.63) is 94.0 Å². The highest BCUT2D eigenvalue weighted by Gasteiger charge is 2.33. The highest BCUT2D eigenvalue weighted by molar-refractivity contribution is 7.92. The van der Waals surface area contributed by atoms with Crippen molar-refractivity contribution in [2.75, 3.05) is 17.9 Å². The van der Waals surface area contributed by atoms with Gasteiger partial charge < -0.3 is 10.2 Å². The van der Waals surface area contributed by atoms with Crippen LogP contribution in [0.15, 0.2) is 77.7 Å². The summed E-state index contributed by atoms with van der Waals surface area (Å²) in [5, 5.41) is 3.00. The number of benzene rings is 3. The monoisotopic (exact) mass is 561 g/mol. The molecule has 0 saturated heterocycles. The number of likely N-dealkylation sites (N-methyl/N-ethyl adjacent to an activating group) is 1. The molecule has 3 aromatic carbocycles. The number of rotatable bonds is 10. The smallest absolute Gasteiger partial charge is 0.264 e. The quantitative estimate of drug-likeness (QED) is 0.375. The van der Waals surface area contributed by atoms with Gasteiger partial charge in [0.2, 0.25) is 11.8 Å². The first kappa shape index (κ1) is 28.5. The van der Waals surface area contributed by atoms with Crippen molar-refractivity contribution < 1.29 is 18.0 Å². The second-order valence-electron chi connectivity index (χ2n) is 8.47. The second-order valence-corrected chi connectivity index (χ2v) is 11.1. The predicted octanol–water partition coefficient (Wildman–Crippen LogP) is 5.05. The van der Waals surface area contributed by atoms with Crippen LogP contribution >= 0.6 is 23.2 Å². The number of carbonyl (C=O) groups is 2. The third-order valence-electron chi connectivity index (χ3n) is 5.91. The van der Waals surface area contributed by atoms with Gasteiger partial charge in [-0.3, -0.25) is 13.9 Å². The van der Waals surface area contributed by atoms with Gasteiger partial charge in [0.15, 0.2) is 0 Å². The topological polar surface area (TPSA) is 86.8 Å². The van der Waals surface area contributed by atoms with Crippen molar-refractivity contribution in [1.82, 2.24) is 10.2 Å². The second kappa shape index (κ2) is 12.4. The normalized spacial score (nSPS) is 12.0. The number of anilines is 1. The van der Waals surface area contributed by atoms with Gasteiger partial charge in [0.05, 0.1) is 20.6 Å². The van der Waals surface area contributed by atoms with Crippen molar-refractivity contribution in [3.63, 3.8) is 0 Å². The van der Waals surface area contributed by atoms with Crippen LogP contribution < -0.4 is 9.62 Å². The van der Waals surface area contributed by atoms with Crippen LogP contribution in [0, 0.1) is 6.92 Å². The minimum Gasteiger partial charge on any atom is -0.357 e. The van der Waals surface area contributed by atoms with Crippen LogP contribution in [0.5, 0.6) is 0 Å². The van der Waals surface area contributed by atoms with Gasteiger partial charge in [0.1, 0.15) is 12.6 Å². The van der Waals surface area contributed by atoms with E-state index in [1.807, 2.05) is 37.3 Å². The van der Waals surface area contributed by atoms with Gasteiger partial charge in [0, 0.05) is 13.6 Å². The Bertz CT molecular complexity index is 1350. The van der Waals surface area contributed by atoms with Crippen LogP contribution in [0.1, 0.15) is 24.5 Å². The molecule has 3 aromatic rings. The molecule has 0 radical (unpaired) electrons. The van der Waals surface area contributed by atoms with E-state index in [2.05, 4.69) is 5.32 Å². The number of hydrogen-bond acceptors (Lipinski definition) is 4. The number of aryl methyl sites for hydroxylation is 1. The summed E-state index contributed by atoms with van der Waals surface area (Å²) in [6.45, 7) is 3.23. The largest absolute Gasteiger partial charge is 0.357 e. The van der Waals surface area contributed by atoms with Crippen molar-refractivity contribution >= 4 is 50.7 Å². The molecule has 0 aliphatic rings. The minimum absolute atomic E-state index is 0.0184. The minimum atomic E-state index is -4.18. The molecule has 0 aliphatic heterocycles. The third-order valence-corrected chi connectivity index (χ3v) is 8.43. The fourth-order valence-corrected chi connectivity index (χ4v) is 5.57. The summed E-state index contributed by atoms with van der Waals surface area (Å²) in [7, 11) is -2.68. The summed E-state index contributed by atoms with van der Waals surface area (Å²) in [4.78, 5) is 27.9. The molecule has 196 valence electrons. The maximum Gasteiger partial charge on any atom is 0.264 e. The summed E-state index contributed by atoms with van der Waals surface area (Å²) in [5.41, 5.74) is 1.87. The molecule has 0 spiro atoms. The van der Waals surface area contributed by atoms with E-state index < -0.39 is 28.5 Å². The van der Waals surface area contributed by atoms with Crippen molar-refractivity contribution in [2.45, 2.75) is 37.8 Å². The zero-order valence-electron chi connectivity index (χ0n) is 20.8. The summed E-state index contributed by atoms with van der Waals surface area (Å²) >= 11 is 12.3. The number of carbonyl (C=O) groups excluding carboxylic acids is 2. The predicted molar refractivity (Wildman–Crippen MR) is 147 cm³/mol. The maximum absolute atomic E-state index is 13.8. The van der Waals surface area contributed by atoms with E-state index in [9.17, 15) is 18.0 Å². The molecule has 0 saturated carbocycles. The number of amides is 2. The fraction of sp³-hybridized carbons (Fsp3) is 0.259. The van der Waals surface area contributed by atoms with Gasteiger partial charge in [-0.2, -0.15) is 0 Å². The molecule has 7 nitrogen and oxygen atoms in total. The van der Waals surface area contributed by atoms with E-state index in [0.29, 0.717) is 6.42 Å². The Morgan fingerprint density at radius 3 is 2.16 bits per heavy atom. The number of nitrogens with one attached hydrogen (secondary N) is 1. The number of hydrogen-bond donors (Lipinski definition) is 1. The Morgan fingerprint density at radius 2 is 1.59 bits per heavy atom. The van der Waals surface area contributed by atoms with Crippen molar-refractivity contribution in [2.24, 2.45) is 0 Å². The average molecular weight is 563 g/mol. The Labute approximate surface area is 228 Å². The number of sulfonamides is 1. The van der Waals surface area contributed by atoms with E-state index in [0.717, 1.165) is 15.4 Å². The molecule has 2 amide bonds. The van der Waals surface area contributed by atoms with Crippen LogP contribution in [0.4, 0.5) is 5.69 Å². The summed E-state index contributed by atoms with van der Waals surface area (Å²) < 4.78 is 28.6. The molecule has 1 N–H and O–H groups in total.